The Kier molecular flexibility index (Phi) is 31.4. The van der Waals surface area contributed by atoms with Crippen LogP contribution in [0.5, 0.6) is 0 Å². The van der Waals surface area contributed by atoms with Gasteiger partial charge in [0.2, 0.25) is 0 Å². The number of hydrogen-bond acceptors (Lipinski definition) is 0. The molecule has 0 saturated heterocycles. The highest BCUT2D eigenvalue weighted by Gasteiger charge is 2.01. The number of rotatable bonds is 16. The molecule has 1 atom stereocenters. The lowest BCUT2D eigenvalue weighted by Crippen LogP contribution is -1.95. The third kappa shape index (κ3) is 29.8. The van der Waals surface area contributed by atoms with Gasteiger partial charge >= 0.3 is 0 Å². The van der Waals surface area contributed by atoms with Crippen LogP contribution < -0.4 is 0 Å². The molecule has 0 aliphatic heterocycles. The first kappa shape index (κ1) is 33.1. The minimum absolute atomic E-state index is 0.624. The van der Waals surface area contributed by atoms with E-state index in [1.54, 1.807) is 0 Å². The molecule has 0 heterocycles. The summed E-state index contributed by atoms with van der Waals surface area (Å²) in [7, 11) is 0. The monoisotopic (exact) mass is 408 g/mol. The highest BCUT2D eigenvalue weighted by molar-refractivity contribution is 5.05. The summed E-state index contributed by atoms with van der Waals surface area (Å²) in [5, 5.41) is 0. The number of hydrogen-bond donors (Lipinski definition) is 0. The summed E-state index contributed by atoms with van der Waals surface area (Å²) >= 11 is 0. The van der Waals surface area contributed by atoms with Crippen LogP contribution in [0.4, 0.5) is 0 Å². The van der Waals surface area contributed by atoms with Gasteiger partial charge < -0.3 is 0 Å². The summed E-state index contributed by atoms with van der Waals surface area (Å²) in [6, 6.07) is 0. The maximum Gasteiger partial charge on any atom is -0.0202 e. The molecule has 29 heavy (non-hydrogen) atoms. The largest absolute Gasteiger partial charge is 0.0999 e. The lowest BCUT2D eigenvalue weighted by atomic mass is 9.96. The minimum Gasteiger partial charge on any atom is -0.0999 e. The molecule has 0 saturated carbocycles. The second-order valence-corrected chi connectivity index (χ2v) is 8.98. The van der Waals surface area contributed by atoms with Gasteiger partial charge in [0.15, 0.2) is 0 Å². The van der Waals surface area contributed by atoms with Gasteiger partial charge in [0, 0.05) is 0 Å². The van der Waals surface area contributed by atoms with Crippen LogP contribution in [-0.4, -0.2) is 0 Å². The maximum atomic E-state index is 3.95. The van der Waals surface area contributed by atoms with E-state index in [1.807, 2.05) is 13.8 Å². The van der Waals surface area contributed by atoms with Crippen LogP contribution in [-0.2, 0) is 0 Å². The SMILES string of the molecule is C=C(C)C(C)C/C=C(\C)C(C)C.CC.CCCCCCCCCCCCCCC. The summed E-state index contributed by atoms with van der Waals surface area (Å²) in [6.45, 7) is 23.5. The van der Waals surface area contributed by atoms with E-state index in [-0.39, 0.29) is 0 Å². The van der Waals surface area contributed by atoms with E-state index in [4.69, 9.17) is 0 Å². The van der Waals surface area contributed by atoms with Crippen LogP contribution in [0.15, 0.2) is 23.8 Å². The fourth-order valence-electron chi connectivity index (χ4n) is 2.89. The molecule has 0 amide bonds. The fraction of sp³-hybridized carbons (Fsp3) is 0.862. The lowest BCUT2D eigenvalue weighted by molar-refractivity contribution is 0.542. The van der Waals surface area contributed by atoms with Gasteiger partial charge in [-0.2, -0.15) is 0 Å². The Morgan fingerprint density at radius 2 is 0.966 bits per heavy atom. The van der Waals surface area contributed by atoms with Crippen LogP contribution in [0, 0.1) is 11.8 Å². The van der Waals surface area contributed by atoms with Gasteiger partial charge in [-0.3, -0.25) is 0 Å². The molecule has 0 N–H and O–H groups in total. The Hall–Kier alpha value is -0.520. The van der Waals surface area contributed by atoms with Crippen molar-refractivity contribution in [2.45, 2.75) is 152 Å². The predicted molar refractivity (Wildman–Crippen MR) is 140 cm³/mol. The Balaban J connectivity index is -0.000000438. The zero-order valence-corrected chi connectivity index (χ0v) is 22.3. The van der Waals surface area contributed by atoms with Crippen molar-refractivity contribution in [2.24, 2.45) is 11.8 Å². The third-order valence-corrected chi connectivity index (χ3v) is 5.75. The van der Waals surface area contributed by atoms with Crippen molar-refractivity contribution in [3.8, 4) is 0 Å². The molecule has 176 valence electrons. The van der Waals surface area contributed by atoms with Gasteiger partial charge in [0.25, 0.3) is 0 Å². The molecule has 0 rings (SSSR count). The van der Waals surface area contributed by atoms with Gasteiger partial charge in [-0.15, -0.1) is 0 Å². The minimum atomic E-state index is 0.624. The first-order chi connectivity index (χ1) is 13.9. The second kappa shape index (κ2) is 27.5. The topological polar surface area (TPSA) is 0 Å². The summed E-state index contributed by atoms with van der Waals surface area (Å²) in [4.78, 5) is 0. The van der Waals surface area contributed by atoms with E-state index in [1.165, 1.54) is 94.6 Å². The molecule has 1 unspecified atom stereocenters. The van der Waals surface area contributed by atoms with Crippen LogP contribution >= 0.6 is 0 Å². The number of unbranched alkanes of at least 4 members (excludes halogenated alkanes) is 12. The zero-order chi connectivity index (χ0) is 22.9. The summed E-state index contributed by atoms with van der Waals surface area (Å²) < 4.78 is 0. The molecule has 0 aromatic carbocycles. The Morgan fingerprint density at radius 3 is 1.21 bits per heavy atom. The second-order valence-electron chi connectivity index (χ2n) is 8.98. The average Bonchev–Trinajstić information content (AvgIpc) is 2.71. The van der Waals surface area contributed by atoms with Gasteiger partial charge in [0.05, 0.1) is 0 Å². The van der Waals surface area contributed by atoms with Crippen molar-refractivity contribution in [3.05, 3.63) is 23.8 Å². The Morgan fingerprint density at radius 1 is 0.655 bits per heavy atom. The van der Waals surface area contributed by atoms with Crippen molar-refractivity contribution in [2.75, 3.05) is 0 Å². The summed E-state index contributed by atoms with van der Waals surface area (Å²) in [5.41, 5.74) is 2.77. The van der Waals surface area contributed by atoms with Crippen LogP contribution in [0.3, 0.4) is 0 Å². The van der Waals surface area contributed by atoms with Gasteiger partial charge in [-0.25, -0.2) is 0 Å². The fourth-order valence-corrected chi connectivity index (χ4v) is 2.89. The molecule has 0 aromatic heterocycles. The summed E-state index contributed by atoms with van der Waals surface area (Å²) in [6.07, 6.45) is 22.4. The molecule has 0 spiro atoms. The first-order valence-electron chi connectivity index (χ1n) is 13.2. The van der Waals surface area contributed by atoms with Crippen molar-refractivity contribution in [1.82, 2.24) is 0 Å². The van der Waals surface area contributed by atoms with E-state index in [0.29, 0.717) is 11.8 Å². The van der Waals surface area contributed by atoms with Gasteiger partial charge in [-0.1, -0.05) is 156 Å². The highest BCUT2D eigenvalue weighted by atomic mass is 14.1. The van der Waals surface area contributed by atoms with Gasteiger partial charge in [0.1, 0.15) is 0 Å². The normalized spacial score (nSPS) is 12.0. The standard InChI is InChI=1S/C15H32.C12H22.C2H6/c1-3-5-7-9-11-13-15-14-12-10-8-6-4-2;1-9(2)11(5)7-8-12(6)10(3)4;1-2/h3-15H2,1-2H3;8,10-11H,1,7H2,2-6H3;1-2H3/b;12-8+;. The zero-order valence-electron chi connectivity index (χ0n) is 22.3. The van der Waals surface area contributed by atoms with Gasteiger partial charge in [-0.05, 0) is 32.1 Å². The molecular formula is C29H60. The number of allylic oxidation sites excluding steroid dienone is 3. The van der Waals surface area contributed by atoms with E-state index >= 15 is 0 Å². The molecule has 0 heteroatoms. The molecular weight excluding hydrogens is 348 g/mol. The van der Waals surface area contributed by atoms with Crippen molar-refractivity contribution in [3.63, 3.8) is 0 Å². The maximum absolute atomic E-state index is 3.95. The summed E-state index contributed by atoms with van der Waals surface area (Å²) in [5.74, 6) is 1.31. The van der Waals surface area contributed by atoms with Crippen LogP contribution in [0.2, 0.25) is 0 Å². The van der Waals surface area contributed by atoms with E-state index < -0.39 is 0 Å². The van der Waals surface area contributed by atoms with Crippen molar-refractivity contribution >= 4 is 0 Å². The average molecular weight is 409 g/mol. The highest BCUT2D eigenvalue weighted by Crippen LogP contribution is 2.16. The van der Waals surface area contributed by atoms with E-state index in [9.17, 15) is 0 Å². The Bertz CT molecular complexity index is 322. The molecule has 0 nitrogen and oxygen atoms in total. The van der Waals surface area contributed by atoms with Crippen molar-refractivity contribution < 1.29 is 0 Å². The molecule has 0 fully saturated rings. The third-order valence-electron chi connectivity index (χ3n) is 5.75. The molecule has 0 aromatic rings. The van der Waals surface area contributed by atoms with E-state index in [2.05, 4.69) is 61.1 Å². The lowest BCUT2D eigenvalue weighted by Gasteiger charge is -2.10. The molecule has 0 bridgehead atoms. The van der Waals surface area contributed by atoms with Crippen LogP contribution in [0.1, 0.15) is 152 Å². The Labute approximate surface area is 188 Å². The predicted octanol–water partition coefficient (Wildman–Crippen LogP) is 11.3. The molecule has 0 aliphatic rings. The van der Waals surface area contributed by atoms with Crippen molar-refractivity contribution in [1.29, 1.82) is 0 Å². The smallest absolute Gasteiger partial charge is 0.0202 e. The first-order valence-corrected chi connectivity index (χ1v) is 13.2. The van der Waals surface area contributed by atoms with E-state index in [0.717, 1.165) is 6.42 Å². The van der Waals surface area contributed by atoms with Crippen LogP contribution in [0.25, 0.3) is 0 Å². The quantitative estimate of drug-likeness (QED) is 0.176. The molecule has 0 radical (unpaired) electrons. The molecule has 0 aliphatic carbocycles.